The molecule has 1 aromatic carbocycles. The normalized spacial score (nSPS) is 27.0. The van der Waals surface area contributed by atoms with E-state index in [4.69, 9.17) is 15.9 Å². The summed E-state index contributed by atoms with van der Waals surface area (Å²) >= 11 is 0. The summed E-state index contributed by atoms with van der Waals surface area (Å²) in [6, 6.07) is 3.78. The average Bonchev–Trinajstić information content (AvgIpc) is 3.33. The third kappa shape index (κ3) is 4.10. The van der Waals surface area contributed by atoms with Gasteiger partial charge in [0.25, 0.3) is 5.91 Å². The SMILES string of the molecule is CN(C)Cc1ccc(-c2cc(N(C)C)c3c(c2O)C(O)=C2C(=O)[C@]4(O)C(O)=C(C(N)=O)C(=O)C(N(C)C)[C@]4(N)C[C@@H]2C3)o1. The Morgan fingerprint density at radius 1 is 1.09 bits per heavy atom. The molecule has 1 aromatic heterocycles. The Morgan fingerprint density at radius 3 is 2.30 bits per heavy atom. The maximum Gasteiger partial charge on any atom is 0.255 e. The summed E-state index contributed by atoms with van der Waals surface area (Å²) in [6.07, 6.45) is -0.136. The highest BCUT2D eigenvalue weighted by Gasteiger charge is 2.71. The van der Waals surface area contributed by atoms with E-state index in [1.54, 1.807) is 37.2 Å². The third-order valence-electron chi connectivity index (χ3n) is 8.77. The number of amides is 1. The summed E-state index contributed by atoms with van der Waals surface area (Å²) in [6.45, 7) is 0.512. The summed E-state index contributed by atoms with van der Waals surface area (Å²) in [7, 11) is 10.3. The highest BCUT2D eigenvalue weighted by atomic mass is 16.4. The van der Waals surface area contributed by atoms with Gasteiger partial charge in [0, 0.05) is 25.4 Å². The number of ketones is 2. The summed E-state index contributed by atoms with van der Waals surface area (Å²) in [5.74, 6) is -5.50. The monoisotopic (exact) mass is 595 g/mol. The molecule has 3 aliphatic carbocycles. The second-order valence-corrected chi connectivity index (χ2v) is 12.3. The van der Waals surface area contributed by atoms with Crippen molar-refractivity contribution < 1.29 is 39.2 Å². The molecular formula is C30H37N5O8. The minimum absolute atomic E-state index is 0.0332. The van der Waals surface area contributed by atoms with E-state index >= 15 is 0 Å². The lowest BCUT2D eigenvalue weighted by Crippen LogP contribution is -2.80. The molecule has 1 amide bonds. The number of nitrogens with zero attached hydrogens (tertiary/aromatic N) is 3. The molecule has 4 atom stereocenters. The number of carbonyl (C=O) groups excluding carboxylic acids is 3. The molecule has 230 valence electrons. The number of benzene rings is 1. The van der Waals surface area contributed by atoms with Gasteiger partial charge in [0.05, 0.1) is 29.3 Å². The molecule has 3 aliphatic rings. The summed E-state index contributed by atoms with van der Waals surface area (Å²) < 4.78 is 5.98. The molecule has 0 aliphatic heterocycles. The van der Waals surface area contributed by atoms with Crippen molar-refractivity contribution in [3.05, 3.63) is 52.0 Å². The van der Waals surface area contributed by atoms with Crippen LogP contribution in [0.3, 0.4) is 0 Å². The predicted molar refractivity (Wildman–Crippen MR) is 157 cm³/mol. The number of aromatic hydroxyl groups is 1. The van der Waals surface area contributed by atoms with Gasteiger partial charge in [-0.1, -0.05) is 0 Å². The Labute approximate surface area is 248 Å². The van der Waals surface area contributed by atoms with Gasteiger partial charge in [-0.25, -0.2) is 0 Å². The van der Waals surface area contributed by atoms with E-state index in [0.717, 1.165) is 0 Å². The lowest BCUT2D eigenvalue weighted by atomic mass is 9.53. The maximum absolute atomic E-state index is 14.2. The summed E-state index contributed by atoms with van der Waals surface area (Å²) in [5, 5.41) is 46.3. The van der Waals surface area contributed by atoms with Gasteiger partial charge in [-0.3, -0.25) is 19.3 Å². The third-order valence-corrected chi connectivity index (χ3v) is 8.77. The number of carbonyl (C=O) groups is 3. The Morgan fingerprint density at radius 2 is 1.74 bits per heavy atom. The zero-order chi connectivity index (χ0) is 31.9. The number of nitrogens with two attached hydrogens (primary N) is 2. The molecule has 13 heteroatoms. The smallest absolute Gasteiger partial charge is 0.255 e. The molecule has 2 aromatic rings. The number of Topliss-reactive ketones (excluding diaryl/α,β-unsaturated/α-hetero) is 2. The number of aliphatic hydroxyl groups is 3. The van der Waals surface area contributed by atoms with Crippen LogP contribution in [0.1, 0.15) is 23.3 Å². The van der Waals surface area contributed by atoms with Crippen molar-refractivity contribution in [3.8, 4) is 17.1 Å². The fourth-order valence-electron chi connectivity index (χ4n) is 7.01. The van der Waals surface area contributed by atoms with Gasteiger partial charge in [-0.2, -0.15) is 0 Å². The number of phenolic OH excluding ortho intramolecular Hbond substituents is 1. The van der Waals surface area contributed by atoms with Crippen LogP contribution >= 0.6 is 0 Å². The molecule has 0 saturated heterocycles. The van der Waals surface area contributed by atoms with E-state index in [-0.39, 0.29) is 35.3 Å². The predicted octanol–water partition coefficient (Wildman–Crippen LogP) is 0.433. The Hall–Kier alpha value is -4.17. The molecule has 43 heavy (non-hydrogen) atoms. The van der Waals surface area contributed by atoms with Crippen LogP contribution in [-0.4, -0.2) is 107 Å². The summed E-state index contributed by atoms with van der Waals surface area (Å²) in [5.41, 5.74) is 7.23. The number of hydrogen-bond acceptors (Lipinski definition) is 12. The van der Waals surface area contributed by atoms with Crippen molar-refractivity contribution in [1.82, 2.24) is 9.80 Å². The number of aliphatic hydroxyl groups excluding tert-OH is 2. The highest BCUT2D eigenvalue weighted by Crippen LogP contribution is 2.55. The first-order valence-electron chi connectivity index (χ1n) is 13.7. The van der Waals surface area contributed by atoms with Gasteiger partial charge in [-0.15, -0.1) is 0 Å². The first-order chi connectivity index (χ1) is 20.0. The molecule has 0 spiro atoms. The second kappa shape index (κ2) is 9.95. The largest absolute Gasteiger partial charge is 0.508 e. The van der Waals surface area contributed by atoms with E-state index < -0.39 is 57.7 Å². The molecule has 5 rings (SSSR count). The lowest BCUT2D eigenvalue weighted by Gasteiger charge is -2.56. The number of anilines is 1. The van der Waals surface area contributed by atoms with Gasteiger partial charge in [0.2, 0.25) is 11.4 Å². The molecule has 1 heterocycles. The van der Waals surface area contributed by atoms with Gasteiger partial charge in [-0.05, 0) is 70.7 Å². The molecule has 0 bridgehead atoms. The molecule has 1 fully saturated rings. The van der Waals surface area contributed by atoms with Crippen molar-refractivity contribution >= 4 is 28.9 Å². The van der Waals surface area contributed by atoms with Crippen LogP contribution in [0, 0.1) is 5.92 Å². The van der Waals surface area contributed by atoms with Crippen molar-refractivity contribution in [2.75, 3.05) is 47.2 Å². The van der Waals surface area contributed by atoms with Crippen molar-refractivity contribution in [1.29, 1.82) is 0 Å². The number of hydrogen-bond donors (Lipinski definition) is 6. The number of rotatable bonds is 6. The van der Waals surface area contributed by atoms with Crippen molar-refractivity contribution in [3.63, 3.8) is 0 Å². The zero-order valence-corrected chi connectivity index (χ0v) is 24.9. The van der Waals surface area contributed by atoms with E-state index in [0.29, 0.717) is 29.3 Å². The molecule has 0 radical (unpaired) electrons. The van der Waals surface area contributed by atoms with E-state index in [9.17, 15) is 34.8 Å². The quantitative estimate of drug-likeness (QED) is 0.252. The molecule has 1 saturated carbocycles. The van der Waals surface area contributed by atoms with Gasteiger partial charge in [0.1, 0.15) is 28.6 Å². The van der Waals surface area contributed by atoms with Crippen LogP contribution in [0.4, 0.5) is 5.69 Å². The van der Waals surface area contributed by atoms with E-state index in [1.165, 1.54) is 19.0 Å². The average molecular weight is 596 g/mol. The molecule has 8 N–H and O–H groups in total. The Balaban J connectivity index is 1.76. The minimum Gasteiger partial charge on any atom is -0.508 e. The van der Waals surface area contributed by atoms with Crippen LogP contribution in [0.15, 0.2) is 39.5 Å². The Bertz CT molecular complexity index is 1640. The topological polar surface area (TPSA) is 207 Å². The highest BCUT2D eigenvalue weighted by molar-refractivity contribution is 6.25. The standard InChI is InChI=1S/C30H37N5O8/c1-33(2)12-14-7-8-18(43-14)16-10-17(34(3)4)15-9-13-11-29(32)25(35(5)6)24(38)21(28(31)41)27(40)30(29,42)26(39)19(13)23(37)20(15)22(16)36/h7-8,10,13,25,36-37,40,42H,9,11-12,32H2,1-6H3,(H2,31,41)/t13-,25?,29+,30-/m0/s1. The number of phenols is 1. The molecule has 13 nitrogen and oxygen atoms in total. The number of primary amides is 1. The van der Waals surface area contributed by atoms with Crippen molar-refractivity contribution in [2.45, 2.75) is 36.6 Å². The maximum atomic E-state index is 14.2. The molecular weight excluding hydrogens is 558 g/mol. The first kappa shape index (κ1) is 30.3. The number of likely N-dealkylation sites (N-methyl/N-ethyl adjacent to an activating group) is 1. The fourth-order valence-corrected chi connectivity index (χ4v) is 7.01. The summed E-state index contributed by atoms with van der Waals surface area (Å²) in [4.78, 5) is 45.0. The van der Waals surface area contributed by atoms with Gasteiger partial charge in [0.15, 0.2) is 11.5 Å². The lowest BCUT2D eigenvalue weighted by molar-refractivity contribution is -0.157. The van der Waals surface area contributed by atoms with Gasteiger partial charge < -0.3 is 46.1 Å². The van der Waals surface area contributed by atoms with E-state index in [1.807, 2.05) is 19.0 Å². The Kier molecular flexibility index (Phi) is 7.01. The van der Waals surface area contributed by atoms with Crippen LogP contribution in [0.25, 0.3) is 17.1 Å². The molecule has 1 unspecified atom stereocenters. The van der Waals surface area contributed by atoms with Crippen LogP contribution in [-0.2, 0) is 27.3 Å². The number of furan rings is 1. The van der Waals surface area contributed by atoms with Crippen LogP contribution in [0.5, 0.6) is 5.75 Å². The minimum atomic E-state index is -2.97. The number of fused-ring (bicyclic) bond motifs is 3. The fraction of sp³-hybridized carbons (Fsp3) is 0.433. The van der Waals surface area contributed by atoms with E-state index in [2.05, 4.69) is 0 Å². The van der Waals surface area contributed by atoms with Crippen LogP contribution < -0.4 is 16.4 Å². The zero-order valence-electron chi connectivity index (χ0n) is 24.9. The second-order valence-electron chi connectivity index (χ2n) is 12.3. The van der Waals surface area contributed by atoms with Gasteiger partial charge >= 0.3 is 0 Å². The first-order valence-corrected chi connectivity index (χ1v) is 13.7. The van der Waals surface area contributed by atoms with Crippen molar-refractivity contribution in [2.24, 2.45) is 17.4 Å². The van der Waals surface area contributed by atoms with Crippen LogP contribution in [0.2, 0.25) is 0 Å².